The van der Waals surface area contributed by atoms with Crippen LogP contribution in [0.3, 0.4) is 0 Å². The number of aromatic amines is 2. The molecule has 134 valence electrons. The summed E-state index contributed by atoms with van der Waals surface area (Å²) in [6, 6.07) is 4.52. The van der Waals surface area contributed by atoms with E-state index in [1.165, 1.54) is 16.4 Å². The maximum absolute atomic E-state index is 13.0. The lowest BCUT2D eigenvalue weighted by Gasteiger charge is -2.37. The van der Waals surface area contributed by atoms with Gasteiger partial charge in [0.2, 0.25) is 15.9 Å². The average Bonchev–Trinajstić information content (AvgIpc) is 3.15. The van der Waals surface area contributed by atoms with Crippen molar-refractivity contribution in [3.63, 3.8) is 0 Å². The summed E-state index contributed by atoms with van der Waals surface area (Å²) in [7, 11) is -1.94. The van der Waals surface area contributed by atoms with E-state index in [-0.39, 0.29) is 23.0 Å². The lowest BCUT2D eigenvalue weighted by Crippen LogP contribution is -2.48. The van der Waals surface area contributed by atoms with Gasteiger partial charge < -0.3 is 14.9 Å². The molecule has 2 aliphatic heterocycles. The molecule has 1 atom stereocenters. The average molecular weight is 364 g/mol. The largest absolute Gasteiger partial charge is 0.345 e. The summed E-state index contributed by atoms with van der Waals surface area (Å²) in [4.78, 5) is 31.0. The van der Waals surface area contributed by atoms with Crippen molar-refractivity contribution in [3.05, 3.63) is 28.7 Å². The number of sulfonamides is 1. The zero-order valence-corrected chi connectivity index (χ0v) is 14.7. The van der Waals surface area contributed by atoms with Crippen molar-refractivity contribution in [1.29, 1.82) is 0 Å². The minimum Gasteiger partial charge on any atom is -0.345 e. The third-order valence-corrected chi connectivity index (χ3v) is 7.23. The Hall–Kier alpha value is -2.13. The summed E-state index contributed by atoms with van der Waals surface area (Å²) in [5, 5.41) is 0. The van der Waals surface area contributed by atoms with Crippen molar-refractivity contribution in [2.45, 2.75) is 24.2 Å². The first-order chi connectivity index (χ1) is 11.8. The number of imidazole rings is 1. The fraction of sp³-hybridized carbons (Fsp3) is 0.500. The second-order valence-corrected chi connectivity index (χ2v) is 8.92. The van der Waals surface area contributed by atoms with Gasteiger partial charge in [-0.25, -0.2) is 13.2 Å². The fourth-order valence-electron chi connectivity index (χ4n) is 4.01. The van der Waals surface area contributed by atoms with Crippen LogP contribution in [0.5, 0.6) is 0 Å². The van der Waals surface area contributed by atoms with Crippen molar-refractivity contribution < 1.29 is 13.2 Å². The molecule has 2 saturated heterocycles. The van der Waals surface area contributed by atoms with E-state index >= 15 is 0 Å². The maximum atomic E-state index is 13.0. The smallest absolute Gasteiger partial charge is 0.323 e. The molecule has 4 rings (SSSR count). The molecule has 0 aliphatic carbocycles. The lowest BCUT2D eigenvalue weighted by molar-refractivity contribution is -0.143. The Morgan fingerprint density at radius 1 is 1.08 bits per heavy atom. The van der Waals surface area contributed by atoms with Crippen molar-refractivity contribution in [2.75, 3.05) is 26.7 Å². The number of amides is 1. The predicted octanol–water partition coefficient (Wildman–Crippen LogP) is 0.489. The Bertz CT molecular complexity index is 1010. The van der Waals surface area contributed by atoms with Gasteiger partial charge in [0.15, 0.2) is 0 Å². The Morgan fingerprint density at radius 3 is 2.64 bits per heavy atom. The molecule has 1 spiro atoms. The van der Waals surface area contributed by atoms with Crippen LogP contribution in [0, 0.1) is 5.41 Å². The van der Waals surface area contributed by atoms with Crippen molar-refractivity contribution in [2.24, 2.45) is 5.41 Å². The highest BCUT2D eigenvalue weighted by Crippen LogP contribution is 2.41. The molecule has 0 saturated carbocycles. The fourth-order valence-corrected chi connectivity index (χ4v) is 5.56. The van der Waals surface area contributed by atoms with Gasteiger partial charge >= 0.3 is 5.69 Å². The number of nitrogens with one attached hydrogen (secondary N) is 2. The number of nitrogens with zero attached hydrogens (tertiary/aromatic N) is 2. The summed E-state index contributed by atoms with van der Waals surface area (Å²) in [6.45, 7) is 1.29. The van der Waals surface area contributed by atoms with Gasteiger partial charge in [0.25, 0.3) is 0 Å². The van der Waals surface area contributed by atoms with E-state index in [0.717, 1.165) is 19.4 Å². The van der Waals surface area contributed by atoms with E-state index in [0.29, 0.717) is 24.0 Å². The van der Waals surface area contributed by atoms with Crippen LogP contribution in [-0.2, 0) is 14.8 Å². The Kier molecular flexibility index (Phi) is 3.55. The number of likely N-dealkylation sites (tertiary alicyclic amines) is 1. The number of H-pyrrole nitrogens is 2. The van der Waals surface area contributed by atoms with Crippen LogP contribution in [0.2, 0.25) is 0 Å². The highest BCUT2D eigenvalue weighted by Gasteiger charge is 2.50. The van der Waals surface area contributed by atoms with Crippen LogP contribution in [0.4, 0.5) is 0 Å². The molecule has 0 unspecified atom stereocenters. The van der Waals surface area contributed by atoms with Gasteiger partial charge in [-0.15, -0.1) is 0 Å². The number of carbonyl (C=O) groups is 1. The number of aromatic nitrogens is 2. The van der Waals surface area contributed by atoms with Gasteiger partial charge in [0, 0.05) is 26.7 Å². The van der Waals surface area contributed by atoms with Crippen LogP contribution < -0.4 is 5.69 Å². The first kappa shape index (κ1) is 16.3. The van der Waals surface area contributed by atoms with Crippen molar-refractivity contribution in [3.8, 4) is 0 Å². The van der Waals surface area contributed by atoms with Crippen LogP contribution >= 0.6 is 0 Å². The van der Waals surface area contributed by atoms with Gasteiger partial charge in [-0.3, -0.25) is 4.79 Å². The van der Waals surface area contributed by atoms with E-state index in [1.54, 1.807) is 18.0 Å². The lowest BCUT2D eigenvalue weighted by atomic mass is 9.78. The molecule has 2 aromatic rings. The molecule has 25 heavy (non-hydrogen) atoms. The minimum absolute atomic E-state index is 0.0434. The Balaban J connectivity index is 1.66. The van der Waals surface area contributed by atoms with E-state index < -0.39 is 15.4 Å². The monoisotopic (exact) mass is 364 g/mol. The first-order valence-electron chi connectivity index (χ1n) is 8.30. The number of rotatable bonds is 2. The van der Waals surface area contributed by atoms with Crippen LogP contribution in [0.25, 0.3) is 11.0 Å². The molecule has 0 bridgehead atoms. The van der Waals surface area contributed by atoms with Crippen LogP contribution in [0.15, 0.2) is 27.9 Å². The second kappa shape index (κ2) is 5.43. The topological polar surface area (TPSA) is 106 Å². The molecule has 1 aromatic heterocycles. The molecule has 1 amide bonds. The summed E-state index contributed by atoms with van der Waals surface area (Å²) in [6.07, 6.45) is 2.18. The van der Waals surface area contributed by atoms with Crippen molar-refractivity contribution in [1.82, 2.24) is 19.2 Å². The molecule has 8 nitrogen and oxygen atoms in total. The normalized spacial score (nSPS) is 25.3. The summed E-state index contributed by atoms with van der Waals surface area (Å²) in [5.74, 6) is 0.0434. The molecule has 2 fully saturated rings. The highest BCUT2D eigenvalue weighted by molar-refractivity contribution is 7.89. The minimum atomic E-state index is -3.71. The van der Waals surface area contributed by atoms with E-state index in [1.807, 2.05) is 0 Å². The van der Waals surface area contributed by atoms with E-state index in [4.69, 9.17) is 0 Å². The molecule has 2 N–H and O–H groups in total. The molecule has 9 heteroatoms. The molecule has 2 aliphatic rings. The van der Waals surface area contributed by atoms with Gasteiger partial charge in [-0.1, -0.05) is 0 Å². The summed E-state index contributed by atoms with van der Waals surface area (Å²) < 4.78 is 27.4. The number of hydrogen-bond acceptors (Lipinski definition) is 4. The number of piperidine rings is 1. The Morgan fingerprint density at radius 2 is 1.84 bits per heavy atom. The summed E-state index contributed by atoms with van der Waals surface area (Å²) in [5.41, 5.74) is 0.0481. The summed E-state index contributed by atoms with van der Waals surface area (Å²) >= 11 is 0. The maximum Gasteiger partial charge on any atom is 0.323 e. The molecular formula is C16H20N4O4S. The van der Waals surface area contributed by atoms with Gasteiger partial charge in [0.1, 0.15) is 0 Å². The number of carbonyl (C=O) groups excluding carboxylic acids is 1. The Labute approximate surface area is 144 Å². The van der Waals surface area contributed by atoms with Crippen LogP contribution in [-0.4, -0.2) is 60.2 Å². The zero-order chi connectivity index (χ0) is 17.8. The van der Waals surface area contributed by atoms with Crippen molar-refractivity contribution >= 4 is 27.0 Å². The van der Waals surface area contributed by atoms with Gasteiger partial charge in [0.05, 0.1) is 21.3 Å². The van der Waals surface area contributed by atoms with Gasteiger partial charge in [-0.05, 0) is 37.5 Å². The second-order valence-electron chi connectivity index (χ2n) is 6.99. The predicted molar refractivity (Wildman–Crippen MR) is 91.6 cm³/mol. The number of fused-ring (bicyclic) bond motifs is 1. The van der Waals surface area contributed by atoms with Crippen LogP contribution in [0.1, 0.15) is 19.3 Å². The first-order valence-corrected chi connectivity index (χ1v) is 9.74. The third kappa shape index (κ3) is 2.49. The van der Waals surface area contributed by atoms with E-state index in [2.05, 4.69) is 9.97 Å². The standard InChI is InChI=1S/C16H20N4O4S/c1-19-7-2-5-16(14(19)21)6-8-20(10-16)25(23,24)11-3-4-12-13(9-11)18-15(22)17-12/h3-4,9H,2,5-8,10H2,1H3,(H2,17,18,22)/t16-/m0/s1. The quantitative estimate of drug-likeness (QED) is 0.809. The number of benzene rings is 1. The number of hydrogen-bond donors (Lipinski definition) is 2. The molecule has 1 aromatic carbocycles. The van der Waals surface area contributed by atoms with E-state index in [9.17, 15) is 18.0 Å². The molecule has 3 heterocycles. The molecular weight excluding hydrogens is 344 g/mol. The highest BCUT2D eigenvalue weighted by atomic mass is 32.2. The van der Waals surface area contributed by atoms with Gasteiger partial charge in [-0.2, -0.15) is 4.31 Å². The third-order valence-electron chi connectivity index (χ3n) is 5.39. The SMILES string of the molecule is CN1CCC[C@@]2(CCN(S(=O)(=O)c3ccc4[nH]c(=O)[nH]c4c3)C2)C1=O. The zero-order valence-electron chi connectivity index (χ0n) is 13.9. The molecule has 0 radical (unpaired) electrons.